The molecule has 0 aromatic carbocycles. The zero-order valence-electron chi connectivity index (χ0n) is 7.76. The van der Waals surface area contributed by atoms with Crippen LogP contribution in [0.2, 0.25) is 0 Å². The average Bonchev–Trinajstić information content (AvgIpc) is 2.74. The van der Waals surface area contributed by atoms with Crippen LogP contribution < -0.4 is 0 Å². The van der Waals surface area contributed by atoms with Gasteiger partial charge in [0.05, 0.1) is 0 Å². The highest BCUT2D eigenvalue weighted by Gasteiger charge is 2.20. The predicted molar refractivity (Wildman–Crippen MR) is 48.0 cm³/mol. The van der Waals surface area contributed by atoms with Gasteiger partial charge >= 0.3 is 0 Å². The molecular formula is C8H12N4O2. The fraction of sp³-hybridized carbons (Fsp3) is 0.625. The Morgan fingerprint density at radius 3 is 2.79 bits per heavy atom. The standard InChI is InChI=1S/C8H12N4O2/c13-10-8(7-9-6-14-11-7)12-4-2-1-3-5-12/h6,13H,1-5H2/b10-8-. The average molecular weight is 196 g/mol. The van der Waals surface area contributed by atoms with E-state index in [1.54, 1.807) is 0 Å². The van der Waals surface area contributed by atoms with E-state index in [0.29, 0.717) is 11.7 Å². The van der Waals surface area contributed by atoms with Crippen LogP contribution in [0.1, 0.15) is 25.1 Å². The summed E-state index contributed by atoms with van der Waals surface area (Å²) in [5, 5.41) is 15.7. The Hall–Kier alpha value is -1.59. The van der Waals surface area contributed by atoms with Crippen molar-refractivity contribution in [2.45, 2.75) is 19.3 Å². The lowest BCUT2D eigenvalue weighted by Crippen LogP contribution is -2.36. The molecule has 0 saturated carbocycles. The van der Waals surface area contributed by atoms with Crippen LogP contribution in [0.3, 0.4) is 0 Å². The van der Waals surface area contributed by atoms with E-state index in [-0.39, 0.29) is 0 Å². The van der Waals surface area contributed by atoms with Gasteiger partial charge in [-0.15, -0.1) is 0 Å². The quantitative estimate of drug-likeness (QED) is 0.309. The van der Waals surface area contributed by atoms with E-state index in [4.69, 9.17) is 5.21 Å². The molecule has 1 saturated heterocycles. The van der Waals surface area contributed by atoms with Crippen molar-refractivity contribution in [1.29, 1.82) is 0 Å². The smallest absolute Gasteiger partial charge is 0.241 e. The normalized spacial score (nSPS) is 18.6. The van der Waals surface area contributed by atoms with E-state index in [2.05, 4.69) is 19.8 Å². The van der Waals surface area contributed by atoms with Gasteiger partial charge in [-0.05, 0) is 19.3 Å². The SMILES string of the molecule is O/N=C(/c1ncon1)N1CCCCC1. The number of aromatic nitrogens is 2. The second-order valence-electron chi connectivity index (χ2n) is 3.23. The summed E-state index contributed by atoms with van der Waals surface area (Å²) in [6.07, 6.45) is 4.67. The molecule has 0 amide bonds. The first-order valence-electron chi connectivity index (χ1n) is 4.65. The van der Waals surface area contributed by atoms with Gasteiger partial charge in [0.15, 0.2) is 0 Å². The highest BCUT2D eigenvalue weighted by molar-refractivity contribution is 5.94. The van der Waals surface area contributed by atoms with Crippen LogP contribution in [0.5, 0.6) is 0 Å². The first kappa shape index (κ1) is 8.98. The maximum atomic E-state index is 8.87. The number of amidine groups is 1. The second kappa shape index (κ2) is 4.08. The number of hydrogen-bond donors (Lipinski definition) is 1. The van der Waals surface area contributed by atoms with E-state index in [1.165, 1.54) is 12.8 Å². The van der Waals surface area contributed by atoms with Gasteiger partial charge in [0.2, 0.25) is 18.1 Å². The summed E-state index contributed by atoms with van der Waals surface area (Å²) in [5.74, 6) is 0.743. The molecule has 6 heteroatoms. The van der Waals surface area contributed by atoms with Crippen LogP contribution in [0, 0.1) is 0 Å². The molecule has 0 unspecified atom stereocenters. The lowest BCUT2D eigenvalue weighted by atomic mass is 10.1. The molecule has 1 aromatic rings. The van der Waals surface area contributed by atoms with Crippen molar-refractivity contribution in [3.05, 3.63) is 12.2 Å². The van der Waals surface area contributed by atoms with Crippen LogP contribution in [-0.4, -0.2) is 39.2 Å². The predicted octanol–water partition coefficient (Wildman–Crippen LogP) is 0.691. The monoisotopic (exact) mass is 196 g/mol. The maximum Gasteiger partial charge on any atom is 0.241 e. The summed E-state index contributed by atoms with van der Waals surface area (Å²) in [5.41, 5.74) is 0. The highest BCUT2D eigenvalue weighted by atomic mass is 16.5. The third-order valence-electron chi connectivity index (χ3n) is 2.31. The molecule has 0 atom stereocenters. The lowest BCUT2D eigenvalue weighted by molar-refractivity contribution is 0.284. The molecule has 0 radical (unpaired) electrons. The van der Waals surface area contributed by atoms with E-state index >= 15 is 0 Å². The van der Waals surface area contributed by atoms with Crippen molar-refractivity contribution in [3.8, 4) is 0 Å². The molecule has 1 fully saturated rings. The Balaban J connectivity index is 2.13. The van der Waals surface area contributed by atoms with Crippen molar-refractivity contribution < 1.29 is 9.73 Å². The fourth-order valence-electron chi connectivity index (χ4n) is 1.62. The largest absolute Gasteiger partial charge is 0.409 e. The van der Waals surface area contributed by atoms with Crippen molar-refractivity contribution >= 4 is 5.84 Å². The van der Waals surface area contributed by atoms with Gasteiger partial charge in [-0.25, -0.2) is 0 Å². The molecule has 14 heavy (non-hydrogen) atoms. The maximum absolute atomic E-state index is 8.87. The topological polar surface area (TPSA) is 74.8 Å². The molecule has 1 aromatic heterocycles. The van der Waals surface area contributed by atoms with Crippen molar-refractivity contribution in [2.24, 2.45) is 5.16 Å². The number of piperidine rings is 1. The number of likely N-dealkylation sites (tertiary alicyclic amines) is 1. The van der Waals surface area contributed by atoms with Gasteiger partial charge < -0.3 is 14.6 Å². The van der Waals surface area contributed by atoms with Crippen LogP contribution in [0.15, 0.2) is 16.1 Å². The van der Waals surface area contributed by atoms with E-state index in [0.717, 1.165) is 25.9 Å². The summed E-state index contributed by atoms with van der Waals surface area (Å²) in [6.45, 7) is 1.77. The van der Waals surface area contributed by atoms with Crippen molar-refractivity contribution in [3.63, 3.8) is 0 Å². The molecule has 0 spiro atoms. The minimum absolute atomic E-state index is 0.342. The molecule has 76 valence electrons. The third kappa shape index (κ3) is 1.68. The van der Waals surface area contributed by atoms with Crippen molar-refractivity contribution in [2.75, 3.05) is 13.1 Å². The van der Waals surface area contributed by atoms with Gasteiger partial charge in [0, 0.05) is 13.1 Å². The summed E-state index contributed by atoms with van der Waals surface area (Å²) < 4.78 is 4.61. The van der Waals surface area contributed by atoms with Gasteiger partial charge in [-0.3, -0.25) is 0 Å². The molecule has 2 rings (SSSR count). The number of oxime groups is 1. The van der Waals surface area contributed by atoms with Crippen molar-refractivity contribution in [1.82, 2.24) is 15.0 Å². The van der Waals surface area contributed by atoms with Gasteiger partial charge in [-0.1, -0.05) is 10.3 Å². The van der Waals surface area contributed by atoms with E-state index in [1.807, 2.05) is 4.90 Å². The van der Waals surface area contributed by atoms with Gasteiger partial charge in [0.25, 0.3) is 0 Å². The second-order valence-corrected chi connectivity index (χ2v) is 3.23. The number of rotatable bonds is 1. The first-order valence-corrected chi connectivity index (χ1v) is 4.65. The van der Waals surface area contributed by atoms with Crippen LogP contribution in [0.4, 0.5) is 0 Å². The molecule has 0 aliphatic carbocycles. The van der Waals surface area contributed by atoms with E-state index < -0.39 is 0 Å². The molecular weight excluding hydrogens is 184 g/mol. The summed E-state index contributed by atoms with van der Waals surface area (Å²) in [7, 11) is 0. The molecule has 2 heterocycles. The molecule has 1 N–H and O–H groups in total. The molecule has 6 nitrogen and oxygen atoms in total. The van der Waals surface area contributed by atoms with Crippen LogP contribution >= 0.6 is 0 Å². The van der Waals surface area contributed by atoms with Crippen LogP contribution in [0.25, 0.3) is 0 Å². The minimum atomic E-state index is 0.342. The highest BCUT2D eigenvalue weighted by Crippen LogP contribution is 2.11. The molecule has 1 aliphatic heterocycles. The summed E-state index contributed by atoms with van der Waals surface area (Å²) in [4.78, 5) is 5.82. The fourth-order valence-corrected chi connectivity index (χ4v) is 1.62. The third-order valence-corrected chi connectivity index (χ3v) is 2.31. The Morgan fingerprint density at radius 1 is 1.43 bits per heavy atom. The lowest BCUT2D eigenvalue weighted by Gasteiger charge is -2.27. The Labute approximate surface area is 81.2 Å². The number of nitrogens with zero attached hydrogens (tertiary/aromatic N) is 4. The van der Waals surface area contributed by atoms with E-state index in [9.17, 15) is 0 Å². The first-order chi connectivity index (χ1) is 6.92. The molecule has 1 aliphatic rings. The summed E-state index contributed by atoms with van der Waals surface area (Å²) >= 11 is 0. The summed E-state index contributed by atoms with van der Waals surface area (Å²) in [6, 6.07) is 0. The zero-order chi connectivity index (χ0) is 9.80. The zero-order valence-corrected chi connectivity index (χ0v) is 7.76. The van der Waals surface area contributed by atoms with Gasteiger partial charge in [-0.2, -0.15) is 4.98 Å². The molecule has 0 bridgehead atoms. The van der Waals surface area contributed by atoms with Crippen LogP contribution in [-0.2, 0) is 0 Å². The Kier molecular flexibility index (Phi) is 2.62. The number of hydrogen-bond acceptors (Lipinski definition) is 5. The van der Waals surface area contributed by atoms with Gasteiger partial charge in [0.1, 0.15) is 0 Å². The minimum Gasteiger partial charge on any atom is -0.409 e. The Morgan fingerprint density at radius 2 is 2.21 bits per heavy atom. The Bertz CT molecular complexity index is 303.